The van der Waals surface area contributed by atoms with Crippen molar-refractivity contribution in [3.63, 3.8) is 0 Å². The third kappa shape index (κ3) is 2.97. The topological polar surface area (TPSA) is 50.2 Å². The van der Waals surface area contributed by atoms with Gasteiger partial charge in [0.05, 0.1) is 6.04 Å². The predicted octanol–water partition coefficient (Wildman–Crippen LogP) is 2.72. The predicted molar refractivity (Wildman–Crippen MR) is 98.8 cm³/mol. The number of aryl methyl sites for hydroxylation is 1. The Labute approximate surface area is 149 Å². The number of hydrogen-bond donors (Lipinski definition) is 1. The number of rotatable bonds is 4. The number of carbonyl (C=O) groups is 1. The second kappa shape index (κ2) is 6.64. The van der Waals surface area contributed by atoms with Gasteiger partial charge in [-0.25, -0.2) is 4.98 Å². The van der Waals surface area contributed by atoms with Crippen molar-refractivity contribution >= 4 is 11.6 Å². The molecule has 0 spiro atoms. The van der Waals surface area contributed by atoms with E-state index in [1.165, 1.54) is 12.0 Å². The monoisotopic (exact) mass is 338 g/mol. The van der Waals surface area contributed by atoms with E-state index < -0.39 is 0 Å². The fraction of sp³-hybridized carbons (Fsp3) is 0.500. The number of hydrogen-bond acceptors (Lipinski definition) is 3. The molecule has 4 rings (SSSR count). The van der Waals surface area contributed by atoms with E-state index in [0.29, 0.717) is 5.92 Å². The first-order valence-corrected chi connectivity index (χ1v) is 9.30. The van der Waals surface area contributed by atoms with Gasteiger partial charge in [-0.05, 0) is 44.7 Å². The highest BCUT2D eigenvalue weighted by Gasteiger charge is 2.33. The fourth-order valence-electron chi connectivity index (χ4n) is 4.22. The normalized spacial score (nSPS) is 23.2. The number of benzene rings is 1. The maximum atomic E-state index is 13.0. The Morgan fingerprint density at radius 1 is 1.40 bits per heavy atom. The van der Waals surface area contributed by atoms with Gasteiger partial charge < -0.3 is 14.8 Å². The van der Waals surface area contributed by atoms with Crippen LogP contribution < -0.4 is 10.2 Å². The molecule has 5 nitrogen and oxygen atoms in total. The van der Waals surface area contributed by atoms with E-state index in [0.717, 1.165) is 37.4 Å². The van der Waals surface area contributed by atoms with Gasteiger partial charge in [-0.1, -0.05) is 18.2 Å². The first-order valence-electron chi connectivity index (χ1n) is 9.30. The van der Waals surface area contributed by atoms with Gasteiger partial charge in [-0.15, -0.1) is 0 Å². The minimum absolute atomic E-state index is 0.164. The van der Waals surface area contributed by atoms with Crippen molar-refractivity contribution < 1.29 is 4.79 Å². The maximum Gasteiger partial charge on any atom is 0.244 e. The Hall–Kier alpha value is -2.14. The van der Waals surface area contributed by atoms with E-state index in [-0.39, 0.29) is 18.0 Å². The van der Waals surface area contributed by atoms with Crippen LogP contribution in [0.4, 0.5) is 5.69 Å². The Balaban J connectivity index is 1.42. The van der Waals surface area contributed by atoms with Crippen LogP contribution in [0.5, 0.6) is 0 Å². The van der Waals surface area contributed by atoms with Gasteiger partial charge in [0.1, 0.15) is 5.82 Å². The number of nitrogens with one attached hydrogen (secondary N) is 1. The smallest absolute Gasteiger partial charge is 0.244 e. The van der Waals surface area contributed by atoms with Crippen molar-refractivity contribution in [2.24, 2.45) is 0 Å². The summed E-state index contributed by atoms with van der Waals surface area (Å²) in [4.78, 5) is 19.5. The number of anilines is 1. The zero-order chi connectivity index (χ0) is 17.4. The third-order valence-corrected chi connectivity index (χ3v) is 5.55. The minimum Gasteiger partial charge on any atom is -0.335 e. The second-order valence-electron chi connectivity index (χ2n) is 7.34. The summed E-state index contributed by atoms with van der Waals surface area (Å²) in [5, 5.41) is 3.47. The Kier molecular flexibility index (Phi) is 4.34. The molecule has 0 unspecified atom stereocenters. The molecule has 1 N–H and O–H groups in total. The van der Waals surface area contributed by atoms with Gasteiger partial charge >= 0.3 is 0 Å². The van der Waals surface area contributed by atoms with Crippen LogP contribution in [0.15, 0.2) is 36.7 Å². The average molecular weight is 338 g/mol. The first-order chi connectivity index (χ1) is 12.1. The molecule has 2 aromatic rings. The Morgan fingerprint density at radius 2 is 2.24 bits per heavy atom. The van der Waals surface area contributed by atoms with E-state index >= 15 is 0 Å². The molecule has 1 amide bonds. The van der Waals surface area contributed by atoms with Gasteiger partial charge in [-0.3, -0.25) is 4.79 Å². The molecule has 3 atom stereocenters. The molecule has 2 aliphatic heterocycles. The van der Waals surface area contributed by atoms with Gasteiger partial charge in [-0.2, -0.15) is 0 Å². The van der Waals surface area contributed by atoms with Crippen molar-refractivity contribution in [1.82, 2.24) is 14.9 Å². The van der Waals surface area contributed by atoms with Crippen LogP contribution in [-0.2, 0) is 17.8 Å². The summed E-state index contributed by atoms with van der Waals surface area (Å²) in [5.74, 6) is 1.71. The van der Waals surface area contributed by atoms with Crippen molar-refractivity contribution in [2.45, 2.75) is 57.7 Å². The lowest BCUT2D eigenvalue weighted by Crippen LogP contribution is -2.48. The van der Waals surface area contributed by atoms with Crippen molar-refractivity contribution in [2.75, 3.05) is 11.4 Å². The van der Waals surface area contributed by atoms with Crippen LogP contribution in [-0.4, -0.2) is 34.1 Å². The minimum atomic E-state index is -0.195. The highest BCUT2D eigenvalue weighted by atomic mass is 16.2. The molecule has 2 aliphatic rings. The number of fused-ring (bicyclic) bond motifs is 2. The average Bonchev–Trinajstić information content (AvgIpc) is 3.22. The number of aromatic nitrogens is 2. The quantitative estimate of drug-likeness (QED) is 0.932. The van der Waals surface area contributed by atoms with Crippen LogP contribution in [0.2, 0.25) is 0 Å². The largest absolute Gasteiger partial charge is 0.335 e. The molecule has 25 heavy (non-hydrogen) atoms. The number of para-hydroxylation sites is 1. The van der Waals surface area contributed by atoms with E-state index in [2.05, 4.69) is 40.1 Å². The summed E-state index contributed by atoms with van der Waals surface area (Å²) in [7, 11) is 0. The van der Waals surface area contributed by atoms with Gasteiger partial charge in [0.25, 0.3) is 0 Å². The van der Waals surface area contributed by atoms with E-state index in [1.807, 2.05) is 30.2 Å². The molecular weight excluding hydrogens is 312 g/mol. The Bertz CT molecular complexity index is 769. The molecule has 0 fully saturated rings. The maximum absolute atomic E-state index is 13.0. The first kappa shape index (κ1) is 16.3. The molecule has 0 aliphatic carbocycles. The van der Waals surface area contributed by atoms with Crippen molar-refractivity contribution in [3.05, 3.63) is 48.0 Å². The van der Waals surface area contributed by atoms with Crippen LogP contribution in [0, 0.1) is 0 Å². The molecule has 0 saturated carbocycles. The molecule has 5 heteroatoms. The molecular formula is C20H26N4O. The number of nitrogens with zero attached hydrogens (tertiary/aromatic N) is 3. The van der Waals surface area contributed by atoms with Crippen LogP contribution in [0.25, 0.3) is 0 Å². The highest BCUT2D eigenvalue weighted by Crippen LogP contribution is 2.32. The number of imidazole rings is 1. The molecule has 1 aromatic heterocycles. The van der Waals surface area contributed by atoms with Crippen molar-refractivity contribution in [1.29, 1.82) is 0 Å². The van der Waals surface area contributed by atoms with Crippen molar-refractivity contribution in [3.8, 4) is 0 Å². The number of carbonyl (C=O) groups excluding carboxylic acids is 1. The third-order valence-electron chi connectivity index (χ3n) is 5.55. The van der Waals surface area contributed by atoms with E-state index in [1.54, 1.807) is 0 Å². The zero-order valence-corrected chi connectivity index (χ0v) is 15.0. The molecule has 1 aromatic carbocycles. The summed E-state index contributed by atoms with van der Waals surface area (Å²) < 4.78 is 2.24. The summed E-state index contributed by atoms with van der Waals surface area (Å²) in [6.07, 6.45) is 7.18. The standard InChI is InChI=1S/C20H26N4O/c1-14-12-16-6-3-4-8-18(16)24(14)20(25)15(2)22-13-17-7-5-10-23-11-9-21-19(17)23/h3-4,6,8-9,11,14-15,17,22H,5,7,10,12-13H2,1-2H3/t14-,15+,17+/m1/s1. The van der Waals surface area contributed by atoms with Crippen LogP contribution in [0.1, 0.15) is 44.0 Å². The van der Waals surface area contributed by atoms with E-state index in [9.17, 15) is 4.79 Å². The molecule has 0 radical (unpaired) electrons. The van der Waals surface area contributed by atoms with E-state index in [4.69, 9.17) is 0 Å². The van der Waals surface area contributed by atoms with Gasteiger partial charge in [0.15, 0.2) is 0 Å². The molecule has 0 saturated heterocycles. The second-order valence-corrected chi connectivity index (χ2v) is 7.34. The van der Waals surface area contributed by atoms with Gasteiger partial charge in [0.2, 0.25) is 5.91 Å². The Morgan fingerprint density at radius 3 is 3.12 bits per heavy atom. The summed E-state index contributed by atoms with van der Waals surface area (Å²) in [6.45, 7) is 5.96. The lowest BCUT2D eigenvalue weighted by Gasteiger charge is -2.29. The lowest BCUT2D eigenvalue weighted by molar-refractivity contribution is -0.120. The highest BCUT2D eigenvalue weighted by molar-refractivity contribution is 5.99. The summed E-state index contributed by atoms with van der Waals surface area (Å²) in [6, 6.07) is 8.27. The van der Waals surface area contributed by atoms with Crippen LogP contribution >= 0.6 is 0 Å². The molecule has 0 bridgehead atoms. The molecule has 3 heterocycles. The lowest BCUT2D eigenvalue weighted by atomic mass is 9.98. The summed E-state index contributed by atoms with van der Waals surface area (Å²) in [5.41, 5.74) is 2.34. The van der Waals surface area contributed by atoms with Gasteiger partial charge in [0, 0.05) is 43.1 Å². The molecule has 132 valence electrons. The van der Waals surface area contributed by atoms with Crippen LogP contribution in [0.3, 0.4) is 0 Å². The SMILES string of the molecule is C[C@H](NC[C@@H]1CCCn2ccnc21)C(=O)N1c2ccccc2C[C@H]1C. The number of amides is 1. The fourth-order valence-corrected chi connectivity index (χ4v) is 4.22. The summed E-state index contributed by atoms with van der Waals surface area (Å²) >= 11 is 0. The zero-order valence-electron chi connectivity index (χ0n) is 15.0.